The topological polar surface area (TPSA) is 42.3 Å². The monoisotopic (exact) mass is 388 g/mol. The van der Waals surface area contributed by atoms with Crippen molar-refractivity contribution in [3.05, 3.63) is 68.6 Å². The Bertz CT molecular complexity index is 932. The molecule has 1 unspecified atom stereocenters. The van der Waals surface area contributed by atoms with E-state index in [1.807, 2.05) is 13.0 Å². The number of benzene rings is 1. The van der Waals surface area contributed by atoms with Gasteiger partial charge in [-0.3, -0.25) is 9.59 Å². The van der Waals surface area contributed by atoms with Gasteiger partial charge >= 0.3 is 0 Å². The van der Waals surface area contributed by atoms with Crippen LogP contribution in [0.25, 0.3) is 0 Å². The molecular formula is C22H26F2N2O2. The number of likely N-dealkylation sites (tertiary alicyclic amines) is 1. The van der Waals surface area contributed by atoms with Gasteiger partial charge in [0.05, 0.1) is 0 Å². The zero-order valence-electron chi connectivity index (χ0n) is 16.6. The van der Waals surface area contributed by atoms with Crippen molar-refractivity contribution >= 4 is 5.91 Å². The summed E-state index contributed by atoms with van der Waals surface area (Å²) in [7, 11) is 1.66. The Morgan fingerprint density at radius 3 is 2.57 bits per heavy atom. The second-order valence-electron chi connectivity index (χ2n) is 7.71. The highest BCUT2D eigenvalue weighted by Crippen LogP contribution is 2.24. The van der Waals surface area contributed by atoms with E-state index < -0.39 is 11.6 Å². The van der Waals surface area contributed by atoms with Crippen LogP contribution in [0.3, 0.4) is 0 Å². The van der Waals surface area contributed by atoms with Gasteiger partial charge in [-0.05, 0) is 69.2 Å². The molecule has 0 spiro atoms. The van der Waals surface area contributed by atoms with Gasteiger partial charge in [0, 0.05) is 31.4 Å². The number of hydrogen-bond donors (Lipinski definition) is 0. The van der Waals surface area contributed by atoms with Gasteiger partial charge in [0.1, 0.15) is 17.2 Å². The predicted molar refractivity (Wildman–Crippen MR) is 104 cm³/mol. The number of aryl methyl sites for hydroxylation is 2. The maximum Gasteiger partial charge on any atom is 0.263 e. The second-order valence-corrected chi connectivity index (χ2v) is 7.71. The van der Waals surface area contributed by atoms with Gasteiger partial charge < -0.3 is 9.47 Å². The van der Waals surface area contributed by atoms with E-state index in [0.717, 1.165) is 18.5 Å². The van der Waals surface area contributed by atoms with E-state index in [4.69, 9.17) is 0 Å². The molecule has 6 heteroatoms. The van der Waals surface area contributed by atoms with Crippen molar-refractivity contribution in [1.82, 2.24) is 9.47 Å². The quantitative estimate of drug-likeness (QED) is 0.800. The molecule has 0 bridgehead atoms. The first-order valence-corrected chi connectivity index (χ1v) is 9.69. The van der Waals surface area contributed by atoms with Crippen LogP contribution >= 0.6 is 0 Å². The van der Waals surface area contributed by atoms with Crippen LogP contribution in [-0.2, 0) is 13.5 Å². The highest BCUT2D eigenvalue weighted by Gasteiger charge is 2.28. The van der Waals surface area contributed by atoms with Crippen molar-refractivity contribution in [2.45, 2.75) is 39.5 Å². The summed E-state index contributed by atoms with van der Waals surface area (Å²) in [6.45, 7) is 4.72. The molecule has 1 saturated heterocycles. The molecule has 0 saturated carbocycles. The van der Waals surface area contributed by atoms with Gasteiger partial charge in [-0.15, -0.1) is 0 Å². The Morgan fingerprint density at radius 1 is 1.21 bits per heavy atom. The molecule has 1 amide bonds. The first kappa shape index (κ1) is 20.2. The molecule has 0 radical (unpaired) electrons. The van der Waals surface area contributed by atoms with Gasteiger partial charge in [0.25, 0.3) is 11.5 Å². The number of carbonyl (C=O) groups excluding carboxylic acids is 1. The third kappa shape index (κ3) is 4.01. The van der Waals surface area contributed by atoms with Crippen LogP contribution in [0.4, 0.5) is 8.78 Å². The third-order valence-corrected chi connectivity index (χ3v) is 5.75. The maximum atomic E-state index is 13.8. The average molecular weight is 388 g/mol. The van der Waals surface area contributed by atoms with E-state index >= 15 is 0 Å². The van der Waals surface area contributed by atoms with E-state index in [9.17, 15) is 18.4 Å². The van der Waals surface area contributed by atoms with Gasteiger partial charge in [-0.2, -0.15) is 0 Å². The number of aromatic nitrogens is 1. The lowest BCUT2D eigenvalue weighted by molar-refractivity contribution is 0.0664. The van der Waals surface area contributed by atoms with Crippen LogP contribution in [0.1, 0.15) is 46.4 Å². The fourth-order valence-corrected chi connectivity index (χ4v) is 4.00. The number of hydrogen-bond acceptors (Lipinski definition) is 2. The largest absolute Gasteiger partial charge is 0.338 e. The van der Waals surface area contributed by atoms with E-state index in [1.54, 1.807) is 18.9 Å². The standard InChI is InChI=1S/C22H26F2N2O2/c1-14-12-15(2)25(3)21(27)20(14)22(28)26-11-5-6-16(13-26)9-10-17-18(23)7-4-8-19(17)24/h4,7-8,12,16H,5-6,9-11,13H2,1-3H3. The molecule has 2 aromatic rings. The Labute approximate surface area is 163 Å². The van der Waals surface area contributed by atoms with E-state index in [2.05, 4.69) is 0 Å². The molecule has 28 heavy (non-hydrogen) atoms. The molecular weight excluding hydrogens is 362 g/mol. The van der Waals surface area contributed by atoms with E-state index in [-0.39, 0.29) is 28.5 Å². The van der Waals surface area contributed by atoms with E-state index in [0.29, 0.717) is 31.5 Å². The molecule has 3 rings (SSSR count). The molecule has 1 aromatic carbocycles. The normalized spacial score (nSPS) is 17.0. The molecule has 1 atom stereocenters. The van der Waals surface area contributed by atoms with Crippen LogP contribution in [-0.4, -0.2) is 28.5 Å². The fraction of sp³-hybridized carbons (Fsp3) is 0.455. The highest BCUT2D eigenvalue weighted by molar-refractivity contribution is 5.95. The van der Waals surface area contributed by atoms with Gasteiger partial charge in [0.15, 0.2) is 0 Å². The molecule has 4 nitrogen and oxygen atoms in total. The molecule has 2 heterocycles. The zero-order chi connectivity index (χ0) is 20.4. The van der Waals surface area contributed by atoms with Crippen LogP contribution in [0.2, 0.25) is 0 Å². The molecule has 0 aliphatic carbocycles. The van der Waals surface area contributed by atoms with Crippen LogP contribution in [0, 0.1) is 31.4 Å². The van der Waals surface area contributed by atoms with Crippen molar-refractivity contribution in [2.24, 2.45) is 13.0 Å². The van der Waals surface area contributed by atoms with Crippen molar-refractivity contribution in [1.29, 1.82) is 0 Å². The minimum absolute atomic E-state index is 0.106. The first-order chi connectivity index (χ1) is 13.3. The number of carbonyl (C=O) groups is 1. The van der Waals surface area contributed by atoms with Crippen molar-refractivity contribution in [3.8, 4) is 0 Å². The fourth-order valence-electron chi connectivity index (χ4n) is 4.00. The molecule has 150 valence electrons. The summed E-state index contributed by atoms with van der Waals surface area (Å²) >= 11 is 0. The molecule has 1 fully saturated rings. The molecule has 1 aliphatic heterocycles. The summed E-state index contributed by atoms with van der Waals surface area (Å²) < 4.78 is 29.2. The Kier molecular flexibility index (Phi) is 5.96. The lowest BCUT2D eigenvalue weighted by Crippen LogP contribution is -2.43. The summed E-state index contributed by atoms with van der Waals surface area (Å²) in [6.07, 6.45) is 2.63. The summed E-state index contributed by atoms with van der Waals surface area (Å²) in [5, 5.41) is 0. The van der Waals surface area contributed by atoms with Gasteiger partial charge in [0.2, 0.25) is 0 Å². The lowest BCUT2D eigenvalue weighted by Gasteiger charge is -2.33. The summed E-state index contributed by atoms with van der Waals surface area (Å²) in [5.74, 6) is -1.14. The summed E-state index contributed by atoms with van der Waals surface area (Å²) in [6, 6.07) is 5.74. The van der Waals surface area contributed by atoms with Crippen molar-refractivity contribution in [2.75, 3.05) is 13.1 Å². The minimum atomic E-state index is -0.525. The Hall–Kier alpha value is -2.50. The number of rotatable bonds is 4. The van der Waals surface area contributed by atoms with Crippen LogP contribution in [0.15, 0.2) is 29.1 Å². The summed E-state index contributed by atoms with van der Waals surface area (Å²) in [5.41, 5.74) is 1.53. The lowest BCUT2D eigenvalue weighted by atomic mass is 9.91. The Balaban J connectivity index is 1.73. The molecule has 1 aliphatic rings. The van der Waals surface area contributed by atoms with Crippen LogP contribution < -0.4 is 5.56 Å². The van der Waals surface area contributed by atoms with Crippen molar-refractivity contribution in [3.63, 3.8) is 0 Å². The summed E-state index contributed by atoms with van der Waals surface area (Å²) in [4.78, 5) is 27.3. The predicted octanol–water partition coefficient (Wildman–Crippen LogP) is 3.77. The van der Waals surface area contributed by atoms with Gasteiger partial charge in [-0.1, -0.05) is 6.07 Å². The maximum absolute atomic E-state index is 13.8. The number of halogens is 2. The number of nitrogens with zero attached hydrogens (tertiary/aromatic N) is 2. The minimum Gasteiger partial charge on any atom is -0.338 e. The zero-order valence-corrected chi connectivity index (χ0v) is 16.6. The average Bonchev–Trinajstić information content (AvgIpc) is 2.66. The highest BCUT2D eigenvalue weighted by atomic mass is 19.1. The number of pyridine rings is 1. The third-order valence-electron chi connectivity index (χ3n) is 5.75. The SMILES string of the molecule is Cc1cc(C)n(C)c(=O)c1C(=O)N1CCCC(CCc2c(F)cccc2F)C1. The first-order valence-electron chi connectivity index (χ1n) is 9.69. The Morgan fingerprint density at radius 2 is 1.89 bits per heavy atom. The smallest absolute Gasteiger partial charge is 0.263 e. The second kappa shape index (κ2) is 8.25. The van der Waals surface area contributed by atoms with Gasteiger partial charge in [-0.25, -0.2) is 8.78 Å². The molecule has 1 aromatic heterocycles. The number of piperidine rings is 1. The molecule has 0 N–H and O–H groups in total. The van der Waals surface area contributed by atoms with Crippen molar-refractivity contribution < 1.29 is 13.6 Å². The van der Waals surface area contributed by atoms with Crippen LogP contribution in [0.5, 0.6) is 0 Å². The number of amides is 1. The van der Waals surface area contributed by atoms with E-state index in [1.165, 1.54) is 22.8 Å².